The molecule has 0 aliphatic carbocycles. The predicted octanol–water partition coefficient (Wildman–Crippen LogP) is 1.94. The van der Waals surface area contributed by atoms with Gasteiger partial charge in [-0.3, -0.25) is 9.78 Å². The van der Waals surface area contributed by atoms with Crippen molar-refractivity contribution >= 4 is 11.8 Å². The van der Waals surface area contributed by atoms with E-state index >= 15 is 0 Å². The summed E-state index contributed by atoms with van der Waals surface area (Å²) >= 11 is 0. The molecule has 1 aromatic heterocycles. The zero-order chi connectivity index (χ0) is 15.1. The van der Waals surface area contributed by atoms with Gasteiger partial charge in [-0.1, -0.05) is 18.2 Å². The number of nitrogens with zero attached hydrogens (tertiary/aromatic N) is 2. The van der Waals surface area contributed by atoms with Gasteiger partial charge in [-0.2, -0.15) is 0 Å². The second-order valence-corrected chi connectivity index (χ2v) is 4.08. The van der Waals surface area contributed by atoms with E-state index in [1.165, 1.54) is 12.4 Å². The fourth-order valence-electron chi connectivity index (χ4n) is 1.54. The largest absolute Gasteiger partial charge is 0.460 e. The maximum Gasteiger partial charge on any atom is 0.375 e. The molecule has 1 heterocycles. The van der Waals surface area contributed by atoms with Crippen molar-refractivity contribution in [2.24, 2.45) is 0 Å². The Morgan fingerprint density at radius 3 is 2.48 bits per heavy atom. The summed E-state index contributed by atoms with van der Waals surface area (Å²) in [5, 5.41) is 0. The second-order valence-electron chi connectivity index (χ2n) is 4.08. The number of Topliss-reactive ketones (excluding diaryl/α,β-unsaturated/α-hetero) is 1. The van der Waals surface area contributed by atoms with Crippen LogP contribution in [0.5, 0.6) is 11.6 Å². The normalized spacial score (nSPS) is 9.95. The number of rotatable bonds is 6. The summed E-state index contributed by atoms with van der Waals surface area (Å²) in [4.78, 5) is 30.8. The van der Waals surface area contributed by atoms with Crippen LogP contribution in [-0.4, -0.2) is 28.3 Å². The van der Waals surface area contributed by atoms with Gasteiger partial charge in [0, 0.05) is 0 Å². The minimum Gasteiger partial charge on any atom is -0.460 e. The first-order valence-electron chi connectivity index (χ1n) is 6.43. The summed E-state index contributed by atoms with van der Waals surface area (Å²) in [6, 6.07) is 9.15. The van der Waals surface area contributed by atoms with E-state index in [2.05, 4.69) is 14.7 Å². The highest BCUT2D eigenvalue weighted by Crippen LogP contribution is 2.17. The number of carbonyl (C=O) groups excluding carboxylic acids is 2. The van der Waals surface area contributed by atoms with Crippen molar-refractivity contribution in [3.05, 3.63) is 48.4 Å². The number of carbonyl (C=O) groups is 2. The number of esters is 1. The average Bonchev–Trinajstić information content (AvgIpc) is 2.50. The Kier molecular flexibility index (Phi) is 4.98. The average molecular weight is 286 g/mol. The van der Waals surface area contributed by atoms with E-state index in [0.717, 1.165) is 0 Å². The number of hydrogen-bond acceptors (Lipinski definition) is 6. The van der Waals surface area contributed by atoms with Crippen LogP contribution in [0.15, 0.2) is 42.7 Å². The fraction of sp³-hybridized carbons (Fsp3) is 0.200. The van der Waals surface area contributed by atoms with Gasteiger partial charge in [-0.25, -0.2) is 9.78 Å². The summed E-state index contributed by atoms with van der Waals surface area (Å²) < 4.78 is 10.1. The van der Waals surface area contributed by atoms with Gasteiger partial charge in [0.2, 0.25) is 11.7 Å². The highest BCUT2D eigenvalue weighted by molar-refractivity contribution is 6.34. The van der Waals surface area contributed by atoms with Crippen LogP contribution in [0.3, 0.4) is 0 Å². The molecule has 0 aliphatic heterocycles. The minimum atomic E-state index is -0.857. The lowest BCUT2D eigenvalue weighted by Crippen LogP contribution is -2.20. The summed E-state index contributed by atoms with van der Waals surface area (Å²) in [6.07, 6.45) is 2.66. The van der Waals surface area contributed by atoms with E-state index in [1.807, 2.05) is 18.2 Å². The summed E-state index contributed by atoms with van der Waals surface area (Å²) in [6.45, 7) is 1.81. The van der Waals surface area contributed by atoms with Gasteiger partial charge in [0.15, 0.2) is 0 Å². The second kappa shape index (κ2) is 7.14. The third-order valence-corrected chi connectivity index (χ3v) is 2.49. The summed E-state index contributed by atoms with van der Waals surface area (Å²) in [5.74, 6) is -0.553. The van der Waals surface area contributed by atoms with Gasteiger partial charge in [-0.05, 0) is 19.1 Å². The topological polar surface area (TPSA) is 78.4 Å². The Hall–Kier alpha value is -2.76. The zero-order valence-corrected chi connectivity index (χ0v) is 11.5. The number of benzene rings is 1. The number of aromatic nitrogens is 2. The van der Waals surface area contributed by atoms with Crippen LogP contribution in [0, 0.1) is 0 Å². The van der Waals surface area contributed by atoms with Gasteiger partial charge in [0.1, 0.15) is 5.75 Å². The van der Waals surface area contributed by atoms with Crippen molar-refractivity contribution in [3.8, 4) is 11.6 Å². The lowest BCUT2D eigenvalue weighted by atomic mass is 10.2. The molecule has 6 nitrogen and oxygen atoms in total. The third-order valence-electron chi connectivity index (χ3n) is 2.49. The van der Waals surface area contributed by atoms with E-state index in [-0.39, 0.29) is 13.0 Å². The Bertz CT molecular complexity index is 611. The molecule has 0 radical (unpaired) electrons. The standard InChI is InChI=1S/C15H14N2O4/c1-2-20-15(19)13(18)8-11-9-17-14(10-16-11)21-12-6-4-3-5-7-12/h3-7,9-10H,2,8H2,1H3. The van der Waals surface area contributed by atoms with E-state index in [9.17, 15) is 9.59 Å². The van der Waals surface area contributed by atoms with E-state index in [4.69, 9.17) is 4.74 Å². The molecule has 1 aromatic carbocycles. The van der Waals surface area contributed by atoms with Crippen molar-refractivity contribution in [1.82, 2.24) is 9.97 Å². The molecule has 0 aliphatic rings. The summed E-state index contributed by atoms with van der Waals surface area (Å²) in [7, 11) is 0. The van der Waals surface area contributed by atoms with Gasteiger partial charge in [-0.15, -0.1) is 0 Å². The first-order valence-corrected chi connectivity index (χ1v) is 6.43. The van der Waals surface area contributed by atoms with Crippen molar-refractivity contribution in [2.45, 2.75) is 13.3 Å². The first-order chi connectivity index (χ1) is 10.2. The van der Waals surface area contributed by atoms with Crippen molar-refractivity contribution in [2.75, 3.05) is 6.61 Å². The molecule has 0 unspecified atom stereocenters. The van der Waals surface area contributed by atoms with Gasteiger partial charge in [0.25, 0.3) is 0 Å². The van der Waals surface area contributed by atoms with Crippen LogP contribution in [-0.2, 0) is 20.7 Å². The molecule has 0 saturated heterocycles. The maximum atomic E-state index is 11.5. The molecular formula is C15H14N2O4. The Morgan fingerprint density at radius 2 is 1.86 bits per heavy atom. The molecule has 0 bridgehead atoms. The molecule has 0 spiro atoms. The molecule has 0 fully saturated rings. The quantitative estimate of drug-likeness (QED) is 0.596. The Balaban J connectivity index is 1.96. The van der Waals surface area contributed by atoms with Crippen LogP contribution in [0.2, 0.25) is 0 Å². The molecular weight excluding hydrogens is 272 g/mol. The minimum absolute atomic E-state index is 0.141. The third kappa shape index (κ3) is 4.38. The Morgan fingerprint density at radius 1 is 1.10 bits per heavy atom. The van der Waals surface area contributed by atoms with Gasteiger partial charge in [0.05, 0.1) is 31.1 Å². The molecule has 0 atom stereocenters. The SMILES string of the molecule is CCOC(=O)C(=O)Cc1cnc(Oc2ccccc2)cn1. The first kappa shape index (κ1) is 14.6. The molecule has 2 aromatic rings. The van der Waals surface area contributed by atoms with Crippen molar-refractivity contribution in [1.29, 1.82) is 0 Å². The van der Waals surface area contributed by atoms with Crippen LogP contribution >= 0.6 is 0 Å². The summed E-state index contributed by atoms with van der Waals surface area (Å²) in [5.41, 5.74) is 0.383. The highest BCUT2D eigenvalue weighted by atomic mass is 16.5. The predicted molar refractivity (Wildman–Crippen MR) is 73.9 cm³/mol. The molecule has 6 heteroatoms. The Labute approximate surface area is 121 Å². The molecule has 0 N–H and O–H groups in total. The van der Waals surface area contributed by atoms with Crippen LogP contribution in [0.25, 0.3) is 0 Å². The van der Waals surface area contributed by atoms with E-state index < -0.39 is 11.8 Å². The lowest BCUT2D eigenvalue weighted by molar-refractivity contribution is -0.153. The van der Waals surface area contributed by atoms with Crippen molar-refractivity contribution in [3.63, 3.8) is 0 Å². The fourth-order valence-corrected chi connectivity index (χ4v) is 1.54. The number of hydrogen-bond donors (Lipinski definition) is 0. The number of para-hydroxylation sites is 1. The molecule has 21 heavy (non-hydrogen) atoms. The van der Waals surface area contributed by atoms with Crippen LogP contribution < -0.4 is 4.74 Å². The number of ether oxygens (including phenoxy) is 2. The van der Waals surface area contributed by atoms with Crippen LogP contribution in [0.1, 0.15) is 12.6 Å². The molecule has 2 rings (SSSR count). The van der Waals surface area contributed by atoms with E-state index in [0.29, 0.717) is 17.3 Å². The van der Waals surface area contributed by atoms with E-state index in [1.54, 1.807) is 19.1 Å². The molecule has 108 valence electrons. The smallest absolute Gasteiger partial charge is 0.375 e. The molecule has 0 amide bonds. The van der Waals surface area contributed by atoms with Crippen molar-refractivity contribution < 1.29 is 19.1 Å². The lowest BCUT2D eigenvalue weighted by Gasteiger charge is -2.04. The maximum absolute atomic E-state index is 11.5. The molecule has 0 saturated carbocycles. The number of ketones is 1. The van der Waals surface area contributed by atoms with Gasteiger partial charge >= 0.3 is 5.97 Å². The monoisotopic (exact) mass is 286 g/mol. The van der Waals surface area contributed by atoms with Gasteiger partial charge < -0.3 is 9.47 Å². The highest BCUT2D eigenvalue weighted by Gasteiger charge is 2.16. The van der Waals surface area contributed by atoms with Crippen LogP contribution in [0.4, 0.5) is 0 Å². The zero-order valence-electron chi connectivity index (χ0n) is 11.5.